The normalized spacial score (nSPS) is 27.0. The molecule has 29 heavy (non-hydrogen) atoms. The molecule has 0 amide bonds. The summed E-state index contributed by atoms with van der Waals surface area (Å²) in [5.41, 5.74) is -0.340. The lowest BCUT2D eigenvalue weighted by molar-refractivity contribution is -0.147. The van der Waals surface area contributed by atoms with E-state index in [1.165, 1.54) is 6.92 Å². The number of hydrogen-bond donors (Lipinski definition) is 0. The number of aryl methyl sites for hydroxylation is 1. The topological polar surface area (TPSA) is 60.4 Å². The maximum atomic E-state index is 13.6. The van der Waals surface area contributed by atoms with Crippen molar-refractivity contribution in [3.63, 3.8) is 0 Å². The van der Waals surface area contributed by atoms with Gasteiger partial charge in [0.2, 0.25) is 0 Å². The molecule has 5 rings (SSSR count). The van der Waals surface area contributed by atoms with Crippen LogP contribution in [0, 0.1) is 17.8 Å². The van der Waals surface area contributed by atoms with Crippen molar-refractivity contribution in [1.29, 1.82) is 0 Å². The zero-order chi connectivity index (χ0) is 20.6. The average molecular weight is 384 g/mol. The fourth-order valence-corrected chi connectivity index (χ4v) is 5.32. The van der Waals surface area contributed by atoms with Crippen molar-refractivity contribution < 1.29 is 19.1 Å². The van der Waals surface area contributed by atoms with Crippen molar-refractivity contribution in [3.8, 4) is 5.75 Å². The highest BCUT2D eigenvalue weighted by Crippen LogP contribution is 2.79. The average Bonchev–Trinajstić information content (AvgIpc) is 3.31. The number of benzene rings is 3. The van der Waals surface area contributed by atoms with Crippen molar-refractivity contribution in [2.45, 2.75) is 26.7 Å². The molecule has 1 heterocycles. The second-order valence-corrected chi connectivity index (χ2v) is 8.28. The molecule has 3 aromatic carbocycles. The van der Waals surface area contributed by atoms with E-state index in [1.807, 2.05) is 49.4 Å². The molecule has 0 saturated heterocycles. The van der Waals surface area contributed by atoms with Crippen LogP contribution in [-0.4, -0.2) is 17.5 Å². The van der Waals surface area contributed by atoms with Crippen molar-refractivity contribution in [2.75, 3.05) is 0 Å². The third kappa shape index (κ3) is 2.01. The van der Waals surface area contributed by atoms with Gasteiger partial charge in [-0.25, -0.2) is 0 Å². The van der Waals surface area contributed by atoms with E-state index in [-0.39, 0.29) is 11.6 Å². The van der Waals surface area contributed by atoms with Gasteiger partial charge in [0.15, 0.2) is 5.78 Å². The Morgan fingerprint density at radius 2 is 1.66 bits per heavy atom. The van der Waals surface area contributed by atoms with E-state index in [0.29, 0.717) is 11.3 Å². The second-order valence-electron chi connectivity index (χ2n) is 8.28. The number of ether oxygens (including phenoxy) is 1. The van der Waals surface area contributed by atoms with Crippen LogP contribution in [0.3, 0.4) is 0 Å². The number of ketones is 2. The predicted molar refractivity (Wildman–Crippen MR) is 109 cm³/mol. The van der Waals surface area contributed by atoms with Crippen LogP contribution < -0.4 is 4.74 Å². The molecule has 3 atom stereocenters. The van der Waals surface area contributed by atoms with E-state index >= 15 is 0 Å². The first-order chi connectivity index (χ1) is 13.8. The third-order valence-electron chi connectivity index (χ3n) is 6.83. The van der Waals surface area contributed by atoms with Crippen LogP contribution in [0.2, 0.25) is 0 Å². The number of Topliss-reactive ketones (excluding diaryl/α,β-unsaturated/α-hetero) is 2. The van der Waals surface area contributed by atoms with E-state index in [2.05, 4.69) is 0 Å². The summed E-state index contributed by atoms with van der Waals surface area (Å²) in [6.07, 6.45) is 0. The predicted octanol–water partition coefficient (Wildman–Crippen LogP) is 4.63. The number of esters is 1. The van der Waals surface area contributed by atoms with Crippen LogP contribution >= 0.6 is 0 Å². The molecule has 144 valence electrons. The summed E-state index contributed by atoms with van der Waals surface area (Å²) in [7, 11) is 0. The molecule has 1 aliphatic heterocycles. The van der Waals surface area contributed by atoms with Crippen LogP contribution in [0.5, 0.6) is 5.75 Å². The van der Waals surface area contributed by atoms with Gasteiger partial charge in [-0.15, -0.1) is 0 Å². The molecule has 0 unspecified atom stereocenters. The fourth-order valence-electron chi connectivity index (χ4n) is 5.32. The molecule has 0 spiro atoms. The lowest BCUT2D eigenvalue weighted by Gasteiger charge is -2.22. The molecule has 0 N–H and O–H groups in total. The van der Waals surface area contributed by atoms with Gasteiger partial charge in [-0.2, -0.15) is 0 Å². The van der Waals surface area contributed by atoms with Gasteiger partial charge in [0.05, 0.1) is 5.41 Å². The lowest BCUT2D eigenvalue weighted by atomic mass is 9.84. The molecule has 1 aliphatic carbocycles. The highest BCUT2D eigenvalue weighted by atomic mass is 16.5. The Balaban J connectivity index is 1.77. The van der Waals surface area contributed by atoms with Crippen molar-refractivity contribution in [1.82, 2.24) is 0 Å². The van der Waals surface area contributed by atoms with Crippen molar-refractivity contribution in [2.24, 2.45) is 10.8 Å². The van der Waals surface area contributed by atoms with E-state index in [9.17, 15) is 14.4 Å². The van der Waals surface area contributed by atoms with Crippen molar-refractivity contribution in [3.05, 3.63) is 77.4 Å². The third-order valence-corrected chi connectivity index (χ3v) is 6.83. The maximum Gasteiger partial charge on any atom is 0.326 e. The van der Waals surface area contributed by atoms with Crippen LogP contribution in [0.25, 0.3) is 10.8 Å². The highest BCUT2D eigenvalue weighted by molar-refractivity contribution is 6.22. The summed E-state index contributed by atoms with van der Waals surface area (Å²) in [4.78, 5) is 39.6. The zero-order valence-electron chi connectivity index (χ0n) is 16.5. The standard InChI is InChI=1S/C25H20O4/c1-14-8-10-17(11-9-14)22(27)24(3)21-20-18-7-5-4-6-16(18)12-13-19(20)29-23(28)25(21,24)15(2)26/h4-13,21H,1-3H3/t21-,24+,25-/m1/s1. The first-order valence-electron chi connectivity index (χ1n) is 9.70. The molecular weight excluding hydrogens is 364 g/mol. The van der Waals surface area contributed by atoms with Crippen LogP contribution in [-0.2, 0) is 9.59 Å². The number of rotatable bonds is 3. The molecule has 2 aliphatic rings. The largest absolute Gasteiger partial charge is 0.425 e. The molecule has 0 bridgehead atoms. The Hall–Kier alpha value is -3.27. The van der Waals surface area contributed by atoms with Crippen LogP contribution in [0.15, 0.2) is 60.7 Å². The number of fused-ring (bicyclic) bond motifs is 5. The smallest absolute Gasteiger partial charge is 0.326 e. The summed E-state index contributed by atoms with van der Waals surface area (Å²) in [5, 5.41) is 1.90. The van der Waals surface area contributed by atoms with Gasteiger partial charge < -0.3 is 4.74 Å². The number of carbonyl (C=O) groups excluding carboxylic acids is 3. The van der Waals surface area contributed by atoms with E-state index in [4.69, 9.17) is 4.74 Å². The molecule has 4 heteroatoms. The molecule has 4 nitrogen and oxygen atoms in total. The minimum atomic E-state index is -1.48. The first-order valence-corrected chi connectivity index (χ1v) is 9.70. The summed E-state index contributed by atoms with van der Waals surface area (Å²) in [6.45, 7) is 5.07. The molecule has 1 fully saturated rings. The maximum absolute atomic E-state index is 13.6. The summed E-state index contributed by atoms with van der Waals surface area (Å²) < 4.78 is 5.65. The van der Waals surface area contributed by atoms with Crippen LogP contribution in [0.4, 0.5) is 0 Å². The molecule has 0 radical (unpaired) electrons. The fraction of sp³-hybridized carbons (Fsp3) is 0.240. The van der Waals surface area contributed by atoms with Gasteiger partial charge in [0, 0.05) is 17.0 Å². The number of carbonyl (C=O) groups is 3. The van der Waals surface area contributed by atoms with Gasteiger partial charge in [-0.1, -0.05) is 67.1 Å². The highest BCUT2D eigenvalue weighted by Gasteiger charge is 2.86. The van der Waals surface area contributed by atoms with Gasteiger partial charge in [-0.05, 0) is 30.7 Å². The van der Waals surface area contributed by atoms with Crippen molar-refractivity contribution >= 4 is 28.3 Å². The monoisotopic (exact) mass is 384 g/mol. The Morgan fingerprint density at radius 1 is 0.966 bits per heavy atom. The Bertz CT molecular complexity index is 1220. The summed E-state index contributed by atoms with van der Waals surface area (Å²) in [5.74, 6) is -1.25. The molecule has 3 aromatic rings. The Kier molecular flexibility index (Phi) is 3.46. The van der Waals surface area contributed by atoms with E-state index in [0.717, 1.165) is 21.9 Å². The molecule has 0 aromatic heterocycles. The quantitative estimate of drug-likeness (QED) is 0.286. The Labute approximate surface area is 168 Å². The van der Waals surface area contributed by atoms with Gasteiger partial charge >= 0.3 is 5.97 Å². The Morgan fingerprint density at radius 3 is 2.34 bits per heavy atom. The molecular formula is C25H20O4. The first kappa shape index (κ1) is 17.8. The minimum absolute atomic E-state index is 0.199. The van der Waals surface area contributed by atoms with E-state index < -0.39 is 22.7 Å². The van der Waals surface area contributed by atoms with Gasteiger partial charge in [0.1, 0.15) is 16.9 Å². The summed E-state index contributed by atoms with van der Waals surface area (Å²) >= 11 is 0. The molecule has 1 saturated carbocycles. The van der Waals surface area contributed by atoms with Gasteiger partial charge in [0.25, 0.3) is 0 Å². The SMILES string of the molecule is CC(=O)[C@]12C(=O)Oc3ccc4ccccc4c3[C@@H]1[C@@]2(C)C(=O)c1ccc(C)cc1. The minimum Gasteiger partial charge on any atom is -0.425 e. The number of hydrogen-bond acceptors (Lipinski definition) is 4. The van der Waals surface area contributed by atoms with E-state index in [1.54, 1.807) is 25.1 Å². The lowest BCUT2D eigenvalue weighted by Crippen LogP contribution is -2.37. The van der Waals surface area contributed by atoms with Gasteiger partial charge in [-0.3, -0.25) is 14.4 Å². The van der Waals surface area contributed by atoms with Crippen LogP contribution in [0.1, 0.15) is 41.3 Å². The summed E-state index contributed by atoms with van der Waals surface area (Å²) in [6, 6.07) is 18.7. The second kappa shape index (κ2) is 5.63. The zero-order valence-corrected chi connectivity index (χ0v) is 16.5.